The minimum absolute atomic E-state index is 0.0611. The maximum Gasteiger partial charge on any atom is 0.416 e. The maximum atomic E-state index is 12.5. The van der Waals surface area contributed by atoms with Gasteiger partial charge in [0, 0.05) is 5.56 Å². The Morgan fingerprint density at radius 2 is 1.73 bits per heavy atom. The minimum Gasteiger partial charge on any atom is -0.489 e. The van der Waals surface area contributed by atoms with Crippen molar-refractivity contribution in [3.05, 3.63) is 65.2 Å². The predicted octanol–water partition coefficient (Wildman–Crippen LogP) is 4.18. The molecule has 0 saturated carbocycles. The number of hydrogen-bond donors (Lipinski definition) is 1. The predicted molar refractivity (Wildman–Crippen MR) is 74.7 cm³/mol. The van der Waals surface area contributed by atoms with Gasteiger partial charge in [0.2, 0.25) is 0 Å². The number of ether oxygens (including phenoxy) is 1. The quantitative estimate of drug-likeness (QED) is 0.862. The van der Waals surface area contributed by atoms with Gasteiger partial charge in [-0.2, -0.15) is 18.4 Å². The fourth-order valence-corrected chi connectivity index (χ4v) is 1.85. The van der Waals surface area contributed by atoms with Crippen LogP contribution >= 0.6 is 0 Å². The summed E-state index contributed by atoms with van der Waals surface area (Å²) in [4.78, 5) is 0. The smallest absolute Gasteiger partial charge is 0.416 e. The Morgan fingerprint density at radius 3 is 2.32 bits per heavy atom. The zero-order valence-electron chi connectivity index (χ0n) is 11.3. The maximum absolute atomic E-state index is 12.5. The minimum atomic E-state index is -4.38. The summed E-state index contributed by atoms with van der Waals surface area (Å²) >= 11 is 0. The van der Waals surface area contributed by atoms with Crippen LogP contribution in [0.2, 0.25) is 0 Å². The van der Waals surface area contributed by atoms with Gasteiger partial charge < -0.3 is 4.74 Å². The van der Waals surface area contributed by atoms with Crippen molar-refractivity contribution in [3.63, 3.8) is 0 Å². The van der Waals surface area contributed by atoms with E-state index in [1.165, 1.54) is 12.1 Å². The molecule has 2 aromatic carbocycles. The summed E-state index contributed by atoms with van der Waals surface area (Å²) in [6.45, 7) is 0.0611. The third-order valence-corrected chi connectivity index (χ3v) is 2.97. The van der Waals surface area contributed by atoms with Crippen LogP contribution in [0.1, 0.15) is 16.7 Å². The number of nitrogens with one attached hydrogen (secondary N) is 1. The van der Waals surface area contributed by atoms with Crippen LogP contribution in [0.15, 0.2) is 48.5 Å². The first-order chi connectivity index (χ1) is 10.4. The lowest BCUT2D eigenvalue weighted by molar-refractivity contribution is -0.137. The molecule has 0 spiro atoms. The third kappa shape index (κ3) is 3.64. The molecule has 22 heavy (non-hydrogen) atoms. The Kier molecular flexibility index (Phi) is 4.47. The summed E-state index contributed by atoms with van der Waals surface area (Å²) in [6, 6.07) is 12.9. The molecule has 2 rings (SSSR count). The number of nitrogens with zero attached hydrogens (tertiary/aromatic N) is 1. The standard InChI is InChI=1S/C16H11F3N2O/c17-16(18,19)12-5-7-13(8-6-12)22-10-11-3-1-2-4-14(11)15(21)9-20/h1-8,21H,10H2. The highest BCUT2D eigenvalue weighted by Gasteiger charge is 2.30. The Hall–Kier alpha value is -2.81. The van der Waals surface area contributed by atoms with Crippen molar-refractivity contribution in [2.45, 2.75) is 12.8 Å². The summed E-state index contributed by atoms with van der Waals surface area (Å²) in [5, 5.41) is 16.3. The van der Waals surface area contributed by atoms with E-state index in [4.69, 9.17) is 15.4 Å². The van der Waals surface area contributed by atoms with Crippen LogP contribution in [0.5, 0.6) is 5.75 Å². The van der Waals surface area contributed by atoms with Crippen LogP contribution in [0.25, 0.3) is 0 Å². The van der Waals surface area contributed by atoms with E-state index in [2.05, 4.69) is 0 Å². The molecule has 0 aromatic heterocycles. The van der Waals surface area contributed by atoms with Gasteiger partial charge in [-0.15, -0.1) is 0 Å². The topological polar surface area (TPSA) is 56.9 Å². The monoisotopic (exact) mass is 304 g/mol. The van der Waals surface area contributed by atoms with Crippen molar-refractivity contribution in [2.24, 2.45) is 0 Å². The summed E-state index contributed by atoms with van der Waals surface area (Å²) in [5.41, 5.74) is 0.129. The van der Waals surface area contributed by atoms with Gasteiger partial charge >= 0.3 is 6.18 Å². The van der Waals surface area contributed by atoms with Crippen LogP contribution < -0.4 is 4.74 Å². The van der Waals surface area contributed by atoms with Crippen LogP contribution in [-0.4, -0.2) is 5.71 Å². The van der Waals surface area contributed by atoms with E-state index in [9.17, 15) is 13.2 Å². The lowest BCUT2D eigenvalue weighted by Gasteiger charge is -2.11. The normalized spacial score (nSPS) is 10.8. The molecule has 0 aliphatic heterocycles. The lowest BCUT2D eigenvalue weighted by atomic mass is 10.0. The summed E-state index contributed by atoms with van der Waals surface area (Å²) < 4.78 is 42.8. The highest BCUT2D eigenvalue weighted by atomic mass is 19.4. The second-order valence-corrected chi connectivity index (χ2v) is 4.45. The highest BCUT2D eigenvalue weighted by molar-refractivity contribution is 6.10. The van der Waals surface area contributed by atoms with E-state index in [-0.39, 0.29) is 18.1 Å². The van der Waals surface area contributed by atoms with Crippen LogP contribution in [0, 0.1) is 16.7 Å². The average molecular weight is 304 g/mol. The van der Waals surface area contributed by atoms with Gasteiger partial charge in [0.15, 0.2) is 0 Å². The van der Waals surface area contributed by atoms with Crippen molar-refractivity contribution in [3.8, 4) is 11.8 Å². The number of hydrogen-bond acceptors (Lipinski definition) is 3. The van der Waals surface area contributed by atoms with Gasteiger partial charge in [-0.05, 0) is 29.8 Å². The molecule has 0 saturated heterocycles. The molecule has 0 heterocycles. The van der Waals surface area contributed by atoms with Crippen molar-refractivity contribution >= 4 is 5.71 Å². The van der Waals surface area contributed by atoms with Crippen molar-refractivity contribution in [2.75, 3.05) is 0 Å². The number of nitriles is 1. The molecular weight excluding hydrogens is 293 g/mol. The van der Waals surface area contributed by atoms with Gasteiger partial charge in [-0.3, -0.25) is 5.41 Å². The molecule has 112 valence electrons. The SMILES string of the molecule is N#CC(=N)c1ccccc1COc1ccc(C(F)(F)F)cc1. The summed E-state index contributed by atoms with van der Waals surface area (Å²) in [6.07, 6.45) is -4.38. The van der Waals surface area contributed by atoms with Crippen LogP contribution in [-0.2, 0) is 12.8 Å². The zero-order valence-corrected chi connectivity index (χ0v) is 11.3. The lowest BCUT2D eigenvalue weighted by Crippen LogP contribution is -2.06. The van der Waals surface area contributed by atoms with Gasteiger partial charge in [-0.1, -0.05) is 24.3 Å². The first-order valence-electron chi connectivity index (χ1n) is 6.29. The molecular formula is C16H11F3N2O. The van der Waals surface area contributed by atoms with Crippen molar-refractivity contribution < 1.29 is 17.9 Å². The highest BCUT2D eigenvalue weighted by Crippen LogP contribution is 2.30. The molecule has 0 atom stereocenters. The molecule has 0 fully saturated rings. The molecule has 0 radical (unpaired) electrons. The second kappa shape index (κ2) is 6.31. The van der Waals surface area contributed by atoms with E-state index in [0.717, 1.165) is 12.1 Å². The third-order valence-electron chi connectivity index (χ3n) is 2.97. The van der Waals surface area contributed by atoms with E-state index < -0.39 is 11.7 Å². The van der Waals surface area contributed by atoms with Crippen LogP contribution in [0.4, 0.5) is 13.2 Å². The van der Waals surface area contributed by atoms with E-state index in [0.29, 0.717) is 11.1 Å². The first-order valence-corrected chi connectivity index (χ1v) is 6.29. The molecule has 0 bridgehead atoms. The van der Waals surface area contributed by atoms with Crippen molar-refractivity contribution in [1.82, 2.24) is 0 Å². The molecule has 2 aromatic rings. The Labute approximate surface area is 125 Å². The summed E-state index contributed by atoms with van der Waals surface area (Å²) in [5.74, 6) is 0.284. The molecule has 0 amide bonds. The largest absolute Gasteiger partial charge is 0.489 e. The number of rotatable bonds is 4. The second-order valence-electron chi connectivity index (χ2n) is 4.45. The number of halogens is 3. The zero-order chi connectivity index (χ0) is 16.2. The number of alkyl halides is 3. The molecule has 0 unspecified atom stereocenters. The van der Waals surface area contributed by atoms with Crippen LogP contribution in [0.3, 0.4) is 0 Å². The van der Waals surface area contributed by atoms with E-state index >= 15 is 0 Å². The van der Waals surface area contributed by atoms with Gasteiger partial charge in [0.1, 0.15) is 24.1 Å². The van der Waals surface area contributed by atoms with Gasteiger partial charge in [0.25, 0.3) is 0 Å². The van der Waals surface area contributed by atoms with Crippen molar-refractivity contribution in [1.29, 1.82) is 10.7 Å². The van der Waals surface area contributed by atoms with Gasteiger partial charge in [-0.25, -0.2) is 0 Å². The fourth-order valence-electron chi connectivity index (χ4n) is 1.85. The molecule has 0 aliphatic carbocycles. The fraction of sp³-hybridized carbons (Fsp3) is 0.125. The first kappa shape index (κ1) is 15.6. The Bertz CT molecular complexity index is 715. The Balaban J connectivity index is 2.11. The molecule has 0 aliphatic rings. The molecule has 6 heteroatoms. The summed E-state index contributed by atoms with van der Waals surface area (Å²) in [7, 11) is 0. The van der Waals surface area contributed by atoms with E-state index in [1.807, 2.05) is 0 Å². The Morgan fingerprint density at radius 1 is 1.09 bits per heavy atom. The molecule has 3 nitrogen and oxygen atoms in total. The molecule has 1 N–H and O–H groups in total. The number of benzene rings is 2. The van der Waals surface area contributed by atoms with Gasteiger partial charge in [0.05, 0.1) is 5.56 Å². The average Bonchev–Trinajstić information content (AvgIpc) is 2.52. The van der Waals surface area contributed by atoms with E-state index in [1.54, 1.807) is 30.3 Å².